The van der Waals surface area contributed by atoms with Crippen LogP contribution in [0.25, 0.3) is 0 Å². The summed E-state index contributed by atoms with van der Waals surface area (Å²) in [5, 5.41) is 2.30. The monoisotopic (exact) mass is 330 g/mol. The molecule has 1 aromatic heterocycles. The molecule has 0 aromatic carbocycles. The quantitative estimate of drug-likeness (QED) is 0.860. The van der Waals surface area contributed by atoms with Gasteiger partial charge in [-0.05, 0) is 40.9 Å². The highest BCUT2D eigenvalue weighted by Crippen LogP contribution is 2.22. The molecule has 0 aliphatic heterocycles. The van der Waals surface area contributed by atoms with Gasteiger partial charge in [0.1, 0.15) is 0 Å². The molecule has 1 aromatic rings. The number of nitrogens with zero attached hydrogens (tertiary/aromatic N) is 1. The van der Waals surface area contributed by atoms with Gasteiger partial charge in [0.25, 0.3) is 0 Å². The van der Waals surface area contributed by atoms with Gasteiger partial charge in [-0.3, -0.25) is 9.78 Å². The lowest BCUT2D eigenvalue weighted by Crippen LogP contribution is -2.38. The summed E-state index contributed by atoms with van der Waals surface area (Å²) < 4.78 is 0.878. The van der Waals surface area contributed by atoms with Crippen molar-refractivity contribution in [3.8, 4) is 0 Å². The molecule has 0 radical (unpaired) electrons. The predicted molar refractivity (Wildman–Crippen MR) is 75.5 cm³/mol. The van der Waals surface area contributed by atoms with Gasteiger partial charge in [0.15, 0.2) is 5.38 Å². The number of hydrogen-bond acceptors (Lipinski definition) is 2. The van der Waals surface area contributed by atoms with Crippen LogP contribution in [0.4, 0.5) is 0 Å². The van der Waals surface area contributed by atoms with Crippen molar-refractivity contribution in [2.75, 3.05) is 0 Å². The van der Waals surface area contributed by atoms with Crippen LogP contribution in [0, 0.1) is 0 Å². The van der Waals surface area contributed by atoms with E-state index in [4.69, 9.17) is 11.6 Å². The largest absolute Gasteiger partial charge is 0.352 e. The molecule has 0 saturated heterocycles. The highest BCUT2D eigenvalue weighted by Gasteiger charge is 2.22. The van der Waals surface area contributed by atoms with E-state index in [-0.39, 0.29) is 11.9 Å². The number of rotatable bonds is 3. The maximum Gasteiger partial charge on any atom is 0.244 e. The average molecular weight is 332 g/mol. The van der Waals surface area contributed by atoms with E-state index in [1.54, 1.807) is 12.3 Å². The Labute approximate surface area is 120 Å². The summed E-state index contributed by atoms with van der Waals surface area (Å²) in [5.74, 6) is -0.140. The van der Waals surface area contributed by atoms with Crippen molar-refractivity contribution in [3.63, 3.8) is 0 Å². The van der Waals surface area contributed by atoms with Crippen LogP contribution >= 0.6 is 27.5 Å². The van der Waals surface area contributed by atoms with E-state index in [0.29, 0.717) is 5.69 Å². The standard InChI is InChI=1S/C13H16BrClN2O/c14-9-6-7-11(16-8-9)12(15)13(18)17-10-4-2-1-3-5-10/h6-8,10,12H,1-5H2,(H,17,18). The van der Waals surface area contributed by atoms with E-state index in [1.165, 1.54) is 19.3 Å². The summed E-state index contributed by atoms with van der Waals surface area (Å²) in [4.78, 5) is 16.2. The molecule has 5 heteroatoms. The van der Waals surface area contributed by atoms with Gasteiger partial charge in [-0.2, -0.15) is 0 Å². The van der Waals surface area contributed by atoms with Crippen molar-refractivity contribution in [2.45, 2.75) is 43.5 Å². The molecule has 1 unspecified atom stereocenters. The highest BCUT2D eigenvalue weighted by atomic mass is 79.9. The average Bonchev–Trinajstić information content (AvgIpc) is 2.40. The fourth-order valence-corrected chi connectivity index (χ4v) is 2.62. The Balaban J connectivity index is 1.93. The number of nitrogens with one attached hydrogen (secondary N) is 1. The molecule has 1 amide bonds. The Hall–Kier alpha value is -0.610. The number of hydrogen-bond donors (Lipinski definition) is 1. The van der Waals surface area contributed by atoms with Crippen LogP contribution in [0.15, 0.2) is 22.8 Å². The molecular formula is C13H16BrClN2O. The molecule has 18 heavy (non-hydrogen) atoms. The topological polar surface area (TPSA) is 42.0 Å². The van der Waals surface area contributed by atoms with Crippen molar-refractivity contribution in [3.05, 3.63) is 28.5 Å². The zero-order valence-corrected chi connectivity index (χ0v) is 12.4. The van der Waals surface area contributed by atoms with E-state index < -0.39 is 5.38 Å². The number of amides is 1. The number of halogens is 2. The molecule has 1 atom stereocenters. The highest BCUT2D eigenvalue weighted by molar-refractivity contribution is 9.10. The van der Waals surface area contributed by atoms with Gasteiger partial charge >= 0.3 is 0 Å². The third-order valence-electron chi connectivity index (χ3n) is 3.19. The number of alkyl halides is 1. The van der Waals surface area contributed by atoms with Crippen LogP contribution in [0.2, 0.25) is 0 Å². The Bertz CT molecular complexity index is 404. The fraction of sp³-hybridized carbons (Fsp3) is 0.538. The van der Waals surface area contributed by atoms with E-state index >= 15 is 0 Å². The number of pyridine rings is 1. The first kappa shape index (κ1) is 13.8. The zero-order valence-electron chi connectivity index (χ0n) is 10.0. The lowest BCUT2D eigenvalue weighted by Gasteiger charge is -2.23. The van der Waals surface area contributed by atoms with Gasteiger partial charge in [0, 0.05) is 16.7 Å². The van der Waals surface area contributed by atoms with E-state index in [9.17, 15) is 4.79 Å². The number of carbonyl (C=O) groups is 1. The van der Waals surface area contributed by atoms with Gasteiger partial charge in [-0.25, -0.2) is 0 Å². The number of carbonyl (C=O) groups excluding carboxylic acids is 1. The Morgan fingerprint density at radius 2 is 2.11 bits per heavy atom. The smallest absolute Gasteiger partial charge is 0.244 e. The minimum absolute atomic E-state index is 0.140. The summed E-state index contributed by atoms with van der Waals surface area (Å²) in [6, 6.07) is 3.89. The molecule has 2 rings (SSSR count). The zero-order chi connectivity index (χ0) is 13.0. The second kappa shape index (κ2) is 6.53. The maximum absolute atomic E-state index is 12.0. The first-order valence-electron chi connectivity index (χ1n) is 6.23. The van der Waals surface area contributed by atoms with Crippen LogP contribution in [0.5, 0.6) is 0 Å². The van der Waals surface area contributed by atoms with Gasteiger partial charge in [-0.15, -0.1) is 11.6 Å². The normalized spacial score (nSPS) is 18.3. The molecule has 1 aliphatic carbocycles. The van der Waals surface area contributed by atoms with Gasteiger partial charge in [0.2, 0.25) is 5.91 Å². The van der Waals surface area contributed by atoms with E-state index in [0.717, 1.165) is 17.3 Å². The minimum atomic E-state index is -0.708. The maximum atomic E-state index is 12.0. The molecule has 1 saturated carbocycles. The third-order valence-corrected chi connectivity index (χ3v) is 4.08. The summed E-state index contributed by atoms with van der Waals surface area (Å²) in [5.41, 5.74) is 0.591. The summed E-state index contributed by atoms with van der Waals surface area (Å²) in [6.45, 7) is 0. The van der Waals surface area contributed by atoms with Crippen molar-refractivity contribution >= 4 is 33.4 Å². The van der Waals surface area contributed by atoms with Crippen LogP contribution in [0.3, 0.4) is 0 Å². The summed E-state index contributed by atoms with van der Waals surface area (Å²) in [7, 11) is 0. The van der Waals surface area contributed by atoms with Crippen LogP contribution in [-0.2, 0) is 4.79 Å². The van der Waals surface area contributed by atoms with E-state index in [1.807, 2.05) is 6.07 Å². The van der Waals surface area contributed by atoms with E-state index in [2.05, 4.69) is 26.2 Å². The molecular weight excluding hydrogens is 316 g/mol. The molecule has 1 heterocycles. The Morgan fingerprint density at radius 1 is 1.39 bits per heavy atom. The molecule has 0 bridgehead atoms. The Kier molecular flexibility index (Phi) is 5.01. The minimum Gasteiger partial charge on any atom is -0.352 e. The van der Waals surface area contributed by atoms with Crippen molar-refractivity contribution < 1.29 is 4.79 Å². The molecule has 98 valence electrons. The lowest BCUT2D eigenvalue weighted by molar-refractivity contribution is -0.121. The van der Waals surface area contributed by atoms with Crippen LogP contribution in [-0.4, -0.2) is 16.9 Å². The first-order chi connectivity index (χ1) is 8.66. The van der Waals surface area contributed by atoms with Gasteiger partial charge in [-0.1, -0.05) is 19.3 Å². The lowest BCUT2D eigenvalue weighted by atomic mass is 9.95. The van der Waals surface area contributed by atoms with Crippen molar-refractivity contribution in [1.29, 1.82) is 0 Å². The van der Waals surface area contributed by atoms with Gasteiger partial charge in [0.05, 0.1) is 5.69 Å². The summed E-state index contributed by atoms with van der Waals surface area (Å²) >= 11 is 9.44. The van der Waals surface area contributed by atoms with Gasteiger partial charge < -0.3 is 5.32 Å². The Morgan fingerprint density at radius 3 is 2.72 bits per heavy atom. The molecule has 1 fully saturated rings. The van der Waals surface area contributed by atoms with Crippen LogP contribution < -0.4 is 5.32 Å². The molecule has 3 nitrogen and oxygen atoms in total. The molecule has 1 N–H and O–H groups in total. The predicted octanol–water partition coefficient (Wildman–Crippen LogP) is 3.57. The molecule has 0 spiro atoms. The fourth-order valence-electron chi connectivity index (χ4n) is 2.19. The van der Waals surface area contributed by atoms with Crippen LogP contribution in [0.1, 0.15) is 43.2 Å². The third kappa shape index (κ3) is 3.69. The van der Waals surface area contributed by atoms with Crippen molar-refractivity contribution in [1.82, 2.24) is 10.3 Å². The number of aromatic nitrogens is 1. The first-order valence-corrected chi connectivity index (χ1v) is 7.45. The SMILES string of the molecule is O=C(NC1CCCCC1)C(Cl)c1ccc(Br)cn1. The summed E-state index contributed by atoms with van der Waals surface area (Å²) in [6.07, 6.45) is 7.42. The van der Waals surface area contributed by atoms with Crippen molar-refractivity contribution in [2.24, 2.45) is 0 Å². The second-order valence-electron chi connectivity index (χ2n) is 4.61. The molecule has 1 aliphatic rings. The second-order valence-corrected chi connectivity index (χ2v) is 5.96.